The van der Waals surface area contributed by atoms with E-state index < -0.39 is 24.3 Å². The van der Waals surface area contributed by atoms with Gasteiger partial charge in [-0.25, -0.2) is 9.59 Å². The van der Waals surface area contributed by atoms with E-state index in [1.807, 2.05) is 37.3 Å². The lowest BCUT2D eigenvalue weighted by atomic mass is 9.91. The van der Waals surface area contributed by atoms with E-state index in [9.17, 15) is 31.1 Å². The number of nitrogens with one attached hydrogen (secondary N) is 1. The van der Waals surface area contributed by atoms with Gasteiger partial charge in [-0.05, 0) is 56.5 Å². The molecule has 0 bridgehead atoms. The zero-order chi connectivity index (χ0) is 30.1. The van der Waals surface area contributed by atoms with Gasteiger partial charge in [0.05, 0.1) is 24.9 Å². The molecule has 0 spiro atoms. The zero-order valence-electron chi connectivity index (χ0n) is 21.0. The third-order valence-electron chi connectivity index (χ3n) is 5.76. The number of rotatable bonds is 5. The van der Waals surface area contributed by atoms with Crippen LogP contribution in [0.25, 0.3) is 0 Å². The van der Waals surface area contributed by atoms with Crippen molar-refractivity contribution in [2.24, 2.45) is 5.92 Å². The molecule has 2 aliphatic heterocycles. The number of aryl methyl sites for hydroxylation is 1. The number of piperidine rings is 1. The number of carbonyl (C=O) groups is 3. The Labute approximate surface area is 223 Å². The fourth-order valence-corrected chi connectivity index (χ4v) is 3.89. The number of pyridine rings is 1. The summed E-state index contributed by atoms with van der Waals surface area (Å²) in [5, 5.41) is 17.2. The van der Waals surface area contributed by atoms with Crippen molar-refractivity contribution in [2.75, 3.05) is 13.1 Å². The van der Waals surface area contributed by atoms with Gasteiger partial charge in [-0.15, -0.1) is 0 Å². The van der Waals surface area contributed by atoms with Crippen LogP contribution in [-0.2, 0) is 32.2 Å². The van der Waals surface area contributed by atoms with Crippen molar-refractivity contribution in [2.45, 2.75) is 57.4 Å². The normalized spacial score (nSPS) is 20.7. The third-order valence-corrected chi connectivity index (χ3v) is 5.76. The number of carboxylic acids is 2. The second-order valence-electron chi connectivity index (χ2n) is 8.84. The van der Waals surface area contributed by atoms with Crippen molar-refractivity contribution >= 4 is 17.8 Å². The lowest BCUT2D eigenvalue weighted by molar-refractivity contribution is -0.193. The minimum absolute atomic E-state index is 0.0294. The van der Waals surface area contributed by atoms with Gasteiger partial charge < -0.3 is 24.7 Å². The lowest BCUT2D eigenvalue weighted by Crippen LogP contribution is -2.42. The van der Waals surface area contributed by atoms with Crippen LogP contribution in [0.1, 0.15) is 30.1 Å². The molecule has 10 nitrogen and oxygen atoms in total. The molecule has 3 N–H and O–H groups in total. The number of halogens is 6. The summed E-state index contributed by atoms with van der Waals surface area (Å²) in [7, 11) is 0. The van der Waals surface area contributed by atoms with Crippen LogP contribution in [-0.4, -0.2) is 75.6 Å². The van der Waals surface area contributed by atoms with Crippen LogP contribution in [0.4, 0.5) is 26.3 Å². The molecule has 2 fully saturated rings. The highest BCUT2D eigenvalue weighted by atomic mass is 19.4. The van der Waals surface area contributed by atoms with E-state index in [1.165, 1.54) is 0 Å². The molecule has 2 aliphatic rings. The summed E-state index contributed by atoms with van der Waals surface area (Å²) in [6.45, 7) is 5.08. The van der Waals surface area contributed by atoms with Gasteiger partial charge in [0.1, 0.15) is 17.6 Å². The fraction of sp³-hybridized carbons (Fsp3) is 0.500. The van der Waals surface area contributed by atoms with Gasteiger partial charge in [0.2, 0.25) is 5.91 Å². The summed E-state index contributed by atoms with van der Waals surface area (Å²) < 4.78 is 75.2. The molecule has 0 aromatic carbocycles. The topological polar surface area (TPSA) is 142 Å². The van der Waals surface area contributed by atoms with Gasteiger partial charge in [-0.1, -0.05) is 6.07 Å². The molecule has 16 heteroatoms. The van der Waals surface area contributed by atoms with E-state index in [4.69, 9.17) is 29.0 Å². The van der Waals surface area contributed by atoms with Crippen LogP contribution in [0.3, 0.4) is 0 Å². The number of aromatic nitrogens is 1. The van der Waals surface area contributed by atoms with Crippen molar-refractivity contribution in [3.63, 3.8) is 0 Å². The van der Waals surface area contributed by atoms with Crippen LogP contribution < -0.4 is 5.32 Å². The molecule has 0 saturated carbocycles. The molecule has 2 aromatic rings. The Morgan fingerprint density at radius 3 is 2.17 bits per heavy atom. The van der Waals surface area contributed by atoms with Crippen molar-refractivity contribution in [3.8, 4) is 0 Å². The Kier molecular flexibility index (Phi) is 11.5. The zero-order valence-corrected chi connectivity index (χ0v) is 21.0. The maximum atomic E-state index is 12.4. The molecule has 4 rings (SSSR count). The maximum absolute atomic E-state index is 12.4. The second kappa shape index (κ2) is 14.1. The van der Waals surface area contributed by atoms with Crippen molar-refractivity contribution in [1.82, 2.24) is 15.2 Å². The number of amides is 1. The molecule has 2 aromatic heterocycles. The van der Waals surface area contributed by atoms with Crippen LogP contribution in [0.15, 0.2) is 40.9 Å². The number of fused-ring (bicyclic) bond motifs is 1. The lowest BCUT2D eigenvalue weighted by Gasteiger charge is -2.33. The number of aliphatic carboxylic acids is 2. The first-order valence-electron chi connectivity index (χ1n) is 11.8. The monoisotopic (exact) mass is 583 g/mol. The van der Waals surface area contributed by atoms with Crippen molar-refractivity contribution in [3.05, 3.63) is 53.7 Å². The number of furan rings is 1. The van der Waals surface area contributed by atoms with E-state index in [1.54, 1.807) is 6.20 Å². The maximum Gasteiger partial charge on any atom is 0.490 e. The number of ether oxygens (including phenoxy) is 1. The summed E-state index contributed by atoms with van der Waals surface area (Å²) in [6, 6.07) is 9.72. The molecule has 4 heterocycles. The molecule has 222 valence electrons. The molecule has 0 radical (unpaired) electrons. The van der Waals surface area contributed by atoms with E-state index >= 15 is 0 Å². The molecule has 2 saturated heterocycles. The average molecular weight is 583 g/mol. The van der Waals surface area contributed by atoms with Crippen LogP contribution in [0.5, 0.6) is 0 Å². The minimum Gasteiger partial charge on any atom is -0.475 e. The van der Waals surface area contributed by atoms with Crippen LogP contribution in [0, 0.1) is 12.8 Å². The molecule has 0 aliphatic carbocycles. The molecular formula is C24H27F6N3O7. The van der Waals surface area contributed by atoms with Gasteiger partial charge in [0, 0.05) is 12.7 Å². The predicted octanol–water partition coefficient (Wildman–Crippen LogP) is 3.55. The fourth-order valence-electron chi connectivity index (χ4n) is 3.89. The van der Waals surface area contributed by atoms with E-state index in [0.717, 1.165) is 49.7 Å². The average Bonchev–Trinajstić information content (AvgIpc) is 3.48. The van der Waals surface area contributed by atoms with E-state index in [-0.39, 0.29) is 18.1 Å². The number of nitrogens with zero attached hydrogens (tertiary/aromatic N) is 2. The van der Waals surface area contributed by atoms with Gasteiger partial charge in [-0.2, -0.15) is 26.3 Å². The van der Waals surface area contributed by atoms with E-state index in [2.05, 4.69) is 15.2 Å². The summed E-state index contributed by atoms with van der Waals surface area (Å²) in [4.78, 5) is 36.8. The molecule has 1 amide bonds. The summed E-state index contributed by atoms with van der Waals surface area (Å²) in [5.41, 5.74) is 0.858. The first kappa shape index (κ1) is 32.6. The molecule has 0 unspecified atom stereocenters. The Morgan fingerprint density at radius 1 is 1.05 bits per heavy atom. The highest BCUT2D eigenvalue weighted by Crippen LogP contribution is 2.34. The summed E-state index contributed by atoms with van der Waals surface area (Å²) in [6.07, 6.45) is -6.78. The molecule has 40 heavy (non-hydrogen) atoms. The first-order valence-corrected chi connectivity index (χ1v) is 11.8. The summed E-state index contributed by atoms with van der Waals surface area (Å²) in [5.74, 6) is -3.14. The number of hydrogen-bond acceptors (Lipinski definition) is 7. The van der Waals surface area contributed by atoms with Crippen molar-refractivity contribution in [1.29, 1.82) is 0 Å². The van der Waals surface area contributed by atoms with Crippen LogP contribution >= 0.6 is 0 Å². The number of alkyl halides is 6. The quantitative estimate of drug-likeness (QED) is 0.451. The summed E-state index contributed by atoms with van der Waals surface area (Å²) >= 11 is 0. The minimum atomic E-state index is -5.08. The third kappa shape index (κ3) is 10.8. The number of likely N-dealkylation sites (tertiary alicyclic amines) is 1. The highest BCUT2D eigenvalue weighted by molar-refractivity contribution is 5.81. The number of carboxylic acid groups (broad SMARTS) is 2. The Balaban J connectivity index is 0.000000333. The van der Waals surface area contributed by atoms with Gasteiger partial charge >= 0.3 is 24.3 Å². The van der Waals surface area contributed by atoms with E-state index in [0.29, 0.717) is 12.5 Å². The van der Waals surface area contributed by atoms with Crippen LogP contribution in [0.2, 0.25) is 0 Å². The standard InChI is InChI=1S/C20H25N3O3.2C2HF3O2/c1-14-5-6-17(25-14)12-23-9-7-15-10-18(26-19(15)13-23)20(24)22-11-16-4-2-3-8-21-16;2*3-2(4,5)1(6)7/h2-6,8,15,18-19H,7,9-13H2,1H3,(H,22,24);2*(H,6,7)/t15-,18-,19-;;/m0../s1. The Bertz CT molecular complexity index is 1100. The predicted molar refractivity (Wildman–Crippen MR) is 124 cm³/mol. The van der Waals surface area contributed by atoms with Gasteiger partial charge in [0.15, 0.2) is 0 Å². The smallest absolute Gasteiger partial charge is 0.475 e. The number of hydrogen-bond donors (Lipinski definition) is 3. The largest absolute Gasteiger partial charge is 0.490 e. The second-order valence-corrected chi connectivity index (χ2v) is 8.84. The Hall–Kier alpha value is -3.66. The molecule has 3 atom stereocenters. The Morgan fingerprint density at radius 2 is 1.68 bits per heavy atom. The SMILES string of the molecule is Cc1ccc(CN2CC[C@H]3C[C@@H](C(=O)NCc4ccccn4)O[C@H]3C2)o1.O=C(O)C(F)(F)F.O=C(O)C(F)(F)F. The first-order chi connectivity index (χ1) is 18.6. The highest BCUT2D eigenvalue weighted by Gasteiger charge is 2.42. The van der Waals surface area contributed by atoms with Gasteiger partial charge in [-0.3, -0.25) is 14.7 Å². The van der Waals surface area contributed by atoms with Crippen molar-refractivity contribution < 1.29 is 60.1 Å². The van der Waals surface area contributed by atoms with Gasteiger partial charge in [0.25, 0.3) is 0 Å². The number of carbonyl (C=O) groups excluding carboxylic acids is 1. The molecular weight excluding hydrogens is 556 g/mol.